The first-order chi connectivity index (χ1) is 27.6. The zero-order valence-corrected chi connectivity index (χ0v) is 37.0. The number of aliphatic carboxylic acids is 12. The van der Waals surface area contributed by atoms with E-state index in [0.29, 0.717) is 0 Å². The van der Waals surface area contributed by atoms with Gasteiger partial charge in [0.2, 0.25) is 0 Å². The maximum absolute atomic E-state index is 10.4. The van der Waals surface area contributed by atoms with Crippen LogP contribution in [0.1, 0.15) is 0 Å². The molecule has 0 saturated heterocycles. The van der Waals surface area contributed by atoms with Crippen LogP contribution in [0.15, 0.2) is 0 Å². The molecular weight excluding hydrogens is 1100 g/mol. The minimum absolute atomic E-state index is 0. The molecule has 0 aromatic rings. The molecule has 0 aromatic heterocycles. The van der Waals surface area contributed by atoms with Crippen molar-refractivity contribution >= 4 is 131 Å². The summed E-state index contributed by atoms with van der Waals surface area (Å²) in [7, 11) is 0. The van der Waals surface area contributed by atoms with Crippen molar-refractivity contribution in [2.75, 3.05) is 118 Å². The van der Waals surface area contributed by atoms with Crippen LogP contribution in [0.2, 0.25) is 0 Å². The summed E-state index contributed by atoms with van der Waals surface area (Å²) in [5.41, 5.74) is 0. The number of carbonyl (C=O) groups is 12. The van der Waals surface area contributed by atoms with Crippen molar-refractivity contribution in [1.82, 2.24) is 29.4 Å². The van der Waals surface area contributed by atoms with E-state index in [1.807, 2.05) is 0 Å². The molecule has 366 valence electrons. The second kappa shape index (κ2) is 48.9. The second-order valence-electron chi connectivity index (χ2n) is 11.7. The third kappa shape index (κ3) is 61.5. The summed E-state index contributed by atoms with van der Waals surface area (Å²) in [5.74, 6) is -18.4. The van der Waals surface area contributed by atoms with Crippen LogP contribution in [-0.2, 0) is 126 Å². The van der Waals surface area contributed by atoms with Crippen LogP contribution in [0.4, 0.5) is 0 Å². The van der Waals surface area contributed by atoms with Crippen LogP contribution in [0.5, 0.6) is 0 Å². The third-order valence-corrected chi connectivity index (χ3v) is 6.43. The minimum atomic E-state index is -1.53. The molecule has 0 unspecified atom stereocenters. The van der Waals surface area contributed by atoms with Gasteiger partial charge in [-0.3, -0.25) is 29.4 Å². The number of carbonyl (C=O) groups excluding carboxylic acids is 12. The van der Waals surface area contributed by atoms with Gasteiger partial charge in [-0.15, -0.1) is 0 Å². The maximum atomic E-state index is 10.4. The summed E-state index contributed by atoms with van der Waals surface area (Å²) < 4.78 is 0. The van der Waals surface area contributed by atoms with Gasteiger partial charge in [-0.1, -0.05) is 0 Å². The Morgan fingerprint density at radius 3 is 0.303 bits per heavy atom. The molecular formula is C30H38Fe4N6Na2O24. The Morgan fingerprint density at radius 2 is 0.258 bits per heavy atom. The van der Waals surface area contributed by atoms with Gasteiger partial charge in [-0.25, -0.2) is 0 Å². The predicted octanol–water partition coefficient (Wildman–Crippen LogP) is -23.5. The first-order valence-corrected chi connectivity index (χ1v) is 16.3. The van der Waals surface area contributed by atoms with Gasteiger partial charge in [-0.2, -0.15) is 0 Å². The number of hydrogen-bond donors (Lipinski definition) is 0. The van der Waals surface area contributed by atoms with Gasteiger partial charge in [0.25, 0.3) is 0 Å². The molecule has 0 bridgehead atoms. The van der Waals surface area contributed by atoms with Crippen LogP contribution in [0, 0.1) is 0 Å². The van der Waals surface area contributed by atoms with Crippen LogP contribution >= 0.6 is 0 Å². The summed E-state index contributed by atoms with van der Waals surface area (Å²) in [4.78, 5) is 130. The van der Waals surface area contributed by atoms with Gasteiger partial charge in [0, 0.05) is 118 Å². The Bertz CT molecular complexity index is 1150. The number of carboxylic acid groups (broad SMARTS) is 12. The van der Waals surface area contributed by atoms with Crippen LogP contribution in [0.25, 0.3) is 0 Å². The van der Waals surface area contributed by atoms with E-state index < -0.39 is 150 Å². The second-order valence-corrected chi connectivity index (χ2v) is 11.7. The Labute approximate surface area is 461 Å². The molecule has 0 N–H and O–H groups in total. The molecule has 0 saturated carbocycles. The van der Waals surface area contributed by atoms with Crippen molar-refractivity contribution in [1.29, 1.82) is 0 Å². The molecule has 30 nitrogen and oxygen atoms in total. The molecule has 36 heteroatoms. The first-order valence-electron chi connectivity index (χ1n) is 16.3. The van der Waals surface area contributed by atoms with Gasteiger partial charge in [0.05, 0.1) is 71.6 Å². The van der Waals surface area contributed by atoms with Crippen molar-refractivity contribution in [3.63, 3.8) is 0 Å². The summed E-state index contributed by atoms with van der Waals surface area (Å²) in [6, 6.07) is 0. The predicted molar refractivity (Wildman–Crippen MR) is 173 cm³/mol. The molecule has 4 radical (unpaired) electrons. The quantitative estimate of drug-likeness (QED) is 0.0551. The Morgan fingerprint density at radius 1 is 0.197 bits per heavy atom. The standard InChI is InChI=1S/3C10H16N2O8.4Fe.2Na.2H/c3*13-7(14)3-11(4-8(15)16)1-2-12(5-9(17)18)6-10(19)20;;;;;;;;/h3*1-6H2,(H,13,14)(H,15,16)(H,17,18)(H,19,20);;;;;;;;/q;;;4*+3;;;;/p-12. The summed E-state index contributed by atoms with van der Waals surface area (Å²) in [6.07, 6.45) is 0. The molecule has 66 heavy (non-hydrogen) atoms. The fourth-order valence-electron chi connectivity index (χ4n) is 4.32. The van der Waals surface area contributed by atoms with Crippen molar-refractivity contribution in [2.45, 2.75) is 0 Å². The van der Waals surface area contributed by atoms with Crippen molar-refractivity contribution in [3.8, 4) is 0 Å². The summed E-state index contributed by atoms with van der Waals surface area (Å²) >= 11 is 0. The average Bonchev–Trinajstić information content (AvgIpc) is 3.02. The van der Waals surface area contributed by atoms with Gasteiger partial charge in [-0.05, 0) is 0 Å². The van der Waals surface area contributed by atoms with E-state index in [0.717, 1.165) is 29.4 Å². The Kier molecular flexibility index (Phi) is 61.9. The van der Waals surface area contributed by atoms with E-state index >= 15 is 0 Å². The molecule has 0 aliphatic heterocycles. The Hall–Kier alpha value is -2.52. The number of carboxylic acids is 12. The zero-order valence-electron chi connectivity index (χ0n) is 32.6. The third-order valence-electron chi connectivity index (χ3n) is 6.43. The van der Waals surface area contributed by atoms with Crippen molar-refractivity contribution in [3.05, 3.63) is 0 Å². The van der Waals surface area contributed by atoms with Crippen LogP contribution in [0.3, 0.4) is 0 Å². The molecule has 0 aromatic carbocycles. The summed E-state index contributed by atoms with van der Waals surface area (Å²) in [5, 5.41) is 125. The zero-order chi connectivity index (χ0) is 47.1. The monoisotopic (exact) mass is 1140 g/mol. The van der Waals surface area contributed by atoms with E-state index in [4.69, 9.17) is 0 Å². The van der Waals surface area contributed by atoms with E-state index in [1.165, 1.54) is 0 Å². The van der Waals surface area contributed by atoms with E-state index in [-0.39, 0.29) is 167 Å². The number of hydrogen-bond acceptors (Lipinski definition) is 30. The molecule has 0 amide bonds. The van der Waals surface area contributed by atoms with Crippen molar-refractivity contribution < 1.29 is 187 Å². The molecule has 0 aliphatic carbocycles. The van der Waals surface area contributed by atoms with Crippen LogP contribution in [-0.4, -0.2) is 278 Å². The molecule has 0 fully saturated rings. The molecule has 0 spiro atoms. The van der Waals surface area contributed by atoms with E-state index in [2.05, 4.69) is 0 Å². The molecule has 0 rings (SSSR count). The first kappa shape index (κ1) is 83.5. The van der Waals surface area contributed by atoms with Gasteiger partial charge in [0.1, 0.15) is 0 Å². The molecule has 0 heterocycles. The molecule has 0 aliphatic rings. The fourth-order valence-corrected chi connectivity index (χ4v) is 4.32. The van der Waals surface area contributed by atoms with Crippen LogP contribution < -0.4 is 61.3 Å². The average molecular weight is 1140 g/mol. The van der Waals surface area contributed by atoms with Crippen molar-refractivity contribution in [2.24, 2.45) is 0 Å². The normalized spacial score (nSPS) is 9.73. The van der Waals surface area contributed by atoms with Gasteiger partial charge >= 0.3 is 127 Å². The SMILES string of the molecule is O=C([O-])CN(CCN(CC(=O)[O-])CC(=O)[O-])CC(=O)[O-].O=C([O-])CN(CCN(CC(=O)[O-])CC(=O)[O-])CC(=O)[O-].O=C([O-])CN(CCN(CC(=O)[O-])CC(=O)[O-])CC(=O)[O-].[Fe+3].[Fe+3].[Fe+3].[Fe+3].[NaH].[NaH]. The fraction of sp³-hybridized carbons (Fsp3) is 0.600. The van der Waals surface area contributed by atoms with E-state index in [9.17, 15) is 119 Å². The summed E-state index contributed by atoms with van der Waals surface area (Å²) in [6.45, 7) is -9.75. The topological polar surface area (TPSA) is 501 Å². The number of rotatable bonds is 33. The van der Waals surface area contributed by atoms with E-state index in [1.54, 1.807) is 0 Å². The molecule has 0 atom stereocenters. The Balaban J connectivity index is -0.000000101. The number of nitrogens with zero attached hydrogens (tertiary/aromatic N) is 6. The van der Waals surface area contributed by atoms with Gasteiger partial charge < -0.3 is 119 Å². The van der Waals surface area contributed by atoms with Gasteiger partial charge in [0.15, 0.2) is 0 Å².